The third-order valence-corrected chi connectivity index (χ3v) is 1.48. The van der Waals surface area contributed by atoms with Gasteiger partial charge < -0.3 is 16.0 Å². The maximum atomic E-state index is 4.00. The number of aliphatic imine (C=N–C) groups is 4. The van der Waals surface area contributed by atoms with Crippen LogP contribution in [-0.2, 0) is 0 Å². The van der Waals surface area contributed by atoms with Crippen molar-refractivity contribution in [3.05, 3.63) is 0 Å². The summed E-state index contributed by atoms with van der Waals surface area (Å²) < 4.78 is 0. The van der Waals surface area contributed by atoms with Crippen molar-refractivity contribution in [1.82, 2.24) is 21.3 Å². The molecule has 0 unspecified atom stereocenters. The van der Waals surface area contributed by atoms with Gasteiger partial charge in [-0.2, -0.15) is 0 Å². The van der Waals surface area contributed by atoms with Crippen molar-refractivity contribution >= 4 is 25.4 Å². The number of hydrogen-bond acceptors (Lipinski definition) is 8. The molecule has 8 nitrogen and oxygen atoms in total. The molecule has 1 aliphatic heterocycles. The lowest BCUT2D eigenvalue weighted by atomic mass is 10.9. The predicted octanol–water partition coefficient (Wildman–Crippen LogP) is 2.41. The second-order valence-electron chi connectivity index (χ2n) is 2.71. The SMILES string of the molecule is C1=NCN=CNCNCNC=NCN=CN1.CC.CC.CC.CC. The molecule has 0 spiro atoms. The van der Waals surface area contributed by atoms with Crippen LogP contribution in [-0.4, -0.2) is 52.0 Å². The molecule has 0 aromatic carbocycles. The van der Waals surface area contributed by atoms with Crippen molar-refractivity contribution in [3.8, 4) is 0 Å². The Morgan fingerprint density at radius 2 is 0.875 bits per heavy atom. The Morgan fingerprint density at radius 3 is 1.25 bits per heavy atom. The van der Waals surface area contributed by atoms with E-state index in [4.69, 9.17) is 0 Å². The molecule has 0 saturated heterocycles. The van der Waals surface area contributed by atoms with Gasteiger partial charge in [-0.05, 0) is 0 Å². The van der Waals surface area contributed by atoms with Gasteiger partial charge in [0.25, 0.3) is 0 Å². The second-order valence-corrected chi connectivity index (χ2v) is 2.71. The molecule has 0 radical (unpaired) electrons. The van der Waals surface area contributed by atoms with Gasteiger partial charge in [-0.25, -0.2) is 0 Å². The van der Waals surface area contributed by atoms with Crippen LogP contribution in [0.25, 0.3) is 0 Å². The van der Waals surface area contributed by atoms with E-state index >= 15 is 0 Å². The van der Waals surface area contributed by atoms with E-state index < -0.39 is 0 Å². The van der Waals surface area contributed by atoms with Gasteiger partial charge in [-0.1, -0.05) is 55.4 Å². The standard InChI is InChI=1S/C8H16N8.4C2H6/c1-9-2-11-4-13-6-15-8-16-7-14-5-12-3-10-1;4*1-2/h1-2,5-6,16H,3-4,7-8H2,(H,12,14)(H,13,15)(H,9,10,11);4*1-2H3. The van der Waals surface area contributed by atoms with E-state index in [-0.39, 0.29) is 0 Å². The van der Waals surface area contributed by atoms with Crippen molar-refractivity contribution in [3.63, 3.8) is 0 Å². The van der Waals surface area contributed by atoms with Crippen LogP contribution in [0.1, 0.15) is 55.4 Å². The van der Waals surface area contributed by atoms with E-state index in [2.05, 4.69) is 41.2 Å². The highest BCUT2D eigenvalue weighted by molar-refractivity contribution is 5.74. The Labute approximate surface area is 149 Å². The van der Waals surface area contributed by atoms with E-state index in [1.807, 2.05) is 55.4 Å². The highest BCUT2D eigenvalue weighted by Crippen LogP contribution is 1.69. The molecule has 0 atom stereocenters. The Kier molecular flexibility index (Phi) is 53.5. The lowest BCUT2D eigenvalue weighted by Gasteiger charge is -2.03. The average Bonchev–Trinajstić information content (AvgIpc) is 2.68. The first kappa shape index (κ1) is 30.0. The summed E-state index contributed by atoms with van der Waals surface area (Å²) in [4.78, 5) is 15.9. The lowest BCUT2D eigenvalue weighted by molar-refractivity contribution is 0.651. The summed E-state index contributed by atoms with van der Waals surface area (Å²) in [5, 5.41) is 11.8. The molecule has 0 fully saturated rings. The van der Waals surface area contributed by atoms with Crippen LogP contribution >= 0.6 is 0 Å². The smallest absolute Gasteiger partial charge is 0.132 e. The highest BCUT2D eigenvalue weighted by Gasteiger charge is 1.80. The Balaban J connectivity index is -0.000000218. The van der Waals surface area contributed by atoms with Crippen LogP contribution in [0.5, 0.6) is 0 Å². The molecule has 0 amide bonds. The minimum atomic E-state index is 0.379. The van der Waals surface area contributed by atoms with Crippen LogP contribution in [0.3, 0.4) is 0 Å². The van der Waals surface area contributed by atoms with Gasteiger partial charge in [-0.3, -0.25) is 25.3 Å². The first-order chi connectivity index (χ1) is 12.0. The molecule has 1 rings (SSSR count). The summed E-state index contributed by atoms with van der Waals surface area (Å²) in [7, 11) is 0. The molecule has 0 aliphatic carbocycles. The van der Waals surface area contributed by atoms with Crippen molar-refractivity contribution in [2.45, 2.75) is 55.4 Å². The fourth-order valence-corrected chi connectivity index (χ4v) is 0.824. The zero-order valence-corrected chi connectivity index (χ0v) is 16.9. The summed E-state index contributed by atoms with van der Waals surface area (Å²) >= 11 is 0. The molecular weight excluding hydrogens is 304 g/mol. The fraction of sp³-hybridized carbons (Fsp3) is 0.750. The topological polar surface area (TPSA) is 97.6 Å². The first-order valence-electron chi connectivity index (χ1n) is 8.87. The van der Waals surface area contributed by atoms with Crippen LogP contribution in [0.4, 0.5) is 0 Å². The van der Waals surface area contributed by atoms with Crippen molar-refractivity contribution in [2.24, 2.45) is 20.0 Å². The molecule has 0 aromatic rings. The van der Waals surface area contributed by atoms with E-state index in [1.165, 1.54) is 12.7 Å². The third-order valence-electron chi connectivity index (χ3n) is 1.48. The fourth-order valence-electron chi connectivity index (χ4n) is 0.824. The summed E-state index contributed by atoms with van der Waals surface area (Å²) in [5.41, 5.74) is 0. The molecule has 1 heterocycles. The zero-order valence-electron chi connectivity index (χ0n) is 16.9. The largest absolute Gasteiger partial charge is 0.364 e. The van der Waals surface area contributed by atoms with Crippen molar-refractivity contribution < 1.29 is 0 Å². The molecule has 0 aromatic heterocycles. The van der Waals surface area contributed by atoms with Crippen LogP contribution < -0.4 is 21.3 Å². The van der Waals surface area contributed by atoms with Crippen LogP contribution in [0, 0.1) is 0 Å². The van der Waals surface area contributed by atoms with Gasteiger partial charge in [0.15, 0.2) is 0 Å². The second kappa shape index (κ2) is 42.9. The average molecular weight is 345 g/mol. The highest BCUT2D eigenvalue weighted by atomic mass is 15.2. The van der Waals surface area contributed by atoms with Crippen LogP contribution in [0.2, 0.25) is 0 Å². The van der Waals surface area contributed by atoms with Gasteiger partial charge in [0, 0.05) is 0 Å². The van der Waals surface area contributed by atoms with E-state index in [1.54, 1.807) is 12.7 Å². The maximum absolute atomic E-state index is 4.00. The van der Waals surface area contributed by atoms with Gasteiger partial charge in [0.2, 0.25) is 0 Å². The van der Waals surface area contributed by atoms with Gasteiger partial charge >= 0.3 is 0 Å². The number of rotatable bonds is 0. The molecule has 8 heteroatoms. The molecule has 144 valence electrons. The van der Waals surface area contributed by atoms with Crippen molar-refractivity contribution in [1.29, 1.82) is 0 Å². The van der Waals surface area contributed by atoms with Gasteiger partial charge in [0.1, 0.15) is 13.3 Å². The van der Waals surface area contributed by atoms with E-state index in [9.17, 15) is 0 Å². The Hall–Kier alpha value is -1.96. The molecular formula is C16H40N8. The number of nitrogens with zero attached hydrogens (tertiary/aromatic N) is 4. The summed E-state index contributed by atoms with van der Waals surface area (Å²) in [6.45, 7) is 18.0. The third kappa shape index (κ3) is 36.9. The monoisotopic (exact) mass is 344 g/mol. The quantitative estimate of drug-likeness (QED) is 0.542. The lowest BCUT2D eigenvalue weighted by Crippen LogP contribution is -2.35. The Bertz CT molecular complexity index is 249. The van der Waals surface area contributed by atoms with Gasteiger partial charge in [0.05, 0.1) is 38.7 Å². The minimum absolute atomic E-state index is 0.379. The Morgan fingerprint density at radius 1 is 0.542 bits per heavy atom. The molecule has 4 N–H and O–H groups in total. The molecule has 0 bridgehead atoms. The first-order valence-corrected chi connectivity index (χ1v) is 8.87. The molecule has 1 aliphatic rings. The minimum Gasteiger partial charge on any atom is -0.364 e. The number of hydrogen-bond donors (Lipinski definition) is 4. The maximum Gasteiger partial charge on any atom is 0.132 e. The van der Waals surface area contributed by atoms with Gasteiger partial charge in [-0.15, -0.1) is 0 Å². The zero-order chi connectivity index (χ0) is 19.3. The van der Waals surface area contributed by atoms with E-state index in [0.29, 0.717) is 26.7 Å². The molecule has 24 heavy (non-hydrogen) atoms. The normalized spacial score (nSPS) is 13.3. The van der Waals surface area contributed by atoms with Crippen LogP contribution in [0.15, 0.2) is 20.0 Å². The summed E-state index contributed by atoms with van der Waals surface area (Å²) in [6.07, 6.45) is 6.29. The van der Waals surface area contributed by atoms with E-state index in [0.717, 1.165) is 0 Å². The predicted molar refractivity (Wildman–Crippen MR) is 111 cm³/mol. The van der Waals surface area contributed by atoms with Crippen molar-refractivity contribution in [2.75, 3.05) is 26.7 Å². The summed E-state index contributed by atoms with van der Waals surface area (Å²) in [5.74, 6) is 0. The molecule has 0 saturated carbocycles. The number of nitrogens with one attached hydrogen (secondary N) is 4. The summed E-state index contributed by atoms with van der Waals surface area (Å²) in [6, 6.07) is 0.